The summed E-state index contributed by atoms with van der Waals surface area (Å²) in [5.41, 5.74) is 0.971. The Morgan fingerprint density at radius 3 is 2.82 bits per heavy atom. The molecule has 17 heavy (non-hydrogen) atoms. The number of ether oxygens (including phenoxy) is 1. The first-order chi connectivity index (χ1) is 8.28. The van der Waals surface area contributed by atoms with E-state index >= 15 is 0 Å². The van der Waals surface area contributed by atoms with Crippen LogP contribution >= 0.6 is 33.9 Å². The Hall–Kier alpha value is -0.890. The van der Waals surface area contributed by atoms with Crippen molar-refractivity contribution < 1.29 is 4.74 Å². The summed E-state index contributed by atoms with van der Waals surface area (Å²) in [6.07, 6.45) is 3.64. The van der Waals surface area contributed by atoms with Crippen LogP contribution in [-0.4, -0.2) is 16.6 Å². The molecule has 2 heterocycles. The van der Waals surface area contributed by atoms with Gasteiger partial charge in [0, 0.05) is 6.07 Å². The number of thiazole rings is 1. The van der Waals surface area contributed by atoms with Crippen molar-refractivity contribution in [3.05, 3.63) is 32.4 Å². The Kier molecular flexibility index (Phi) is 4.55. The highest BCUT2D eigenvalue weighted by Gasteiger charge is 2.00. The zero-order valence-corrected chi connectivity index (χ0v) is 12.3. The summed E-state index contributed by atoms with van der Waals surface area (Å²) in [6, 6.07) is 3.81. The zero-order valence-electron chi connectivity index (χ0n) is 9.31. The summed E-state index contributed by atoms with van der Waals surface area (Å²) in [5, 5.41) is 4.34. The van der Waals surface area contributed by atoms with Gasteiger partial charge in [0.2, 0.25) is 5.88 Å². The highest BCUT2D eigenvalue weighted by Crippen LogP contribution is 2.17. The lowest BCUT2D eigenvalue weighted by Crippen LogP contribution is -2.00. The van der Waals surface area contributed by atoms with Crippen molar-refractivity contribution in [1.82, 2.24) is 9.97 Å². The Morgan fingerprint density at radius 2 is 2.24 bits per heavy atom. The number of pyridine rings is 1. The smallest absolute Gasteiger partial charge is 0.213 e. The fourth-order valence-corrected chi connectivity index (χ4v) is 2.75. The molecule has 0 spiro atoms. The molecule has 0 saturated heterocycles. The van der Waals surface area contributed by atoms with Gasteiger partial charge in [-0.15, -0.1) is 11.3 Å². The van der Waals surface area contributed by atoms with Crippen molar-refractivity contribution in [2.75, 3.05) is 11.9 Å². The molecule has 0 aromatic carbocycles. The van der Waals surface area contributed by atoms with E-state index in [0.717, 1.165) is 17.2 Å². The highest BCUT2D eigenvalue weighted by molar-refractivity contribution is 14.1. The van der Waals surface area contributed by atoms with Gasteiger partial charge in [-0.25, -0.2) is 9.97 Å². The van der Waals surface area contributed by atoms with Crippen molar-refractivity contribution >= 4 is 39.6 Å². The number of rotatable bonds is 5. The average molecular weight is 361 g/mol. The second-order valence-electron chi connectivity index (χ2n) is 3.23. The molecule has 2 aromatic rings. The lowest BCUT2D eigenvalue weighted by atomic mass is 10.4. The van der Waals surface area contributed by atoms with Crippen LogP contribution in [0.3, 0.4) is 0 Å². The minimum absolute atomic E-state index is 0.636. The Labute approximate surface area is 118 Å². The standard InChI is InChI=1S/C11H12IN3OS/c1-2-16-10-4-3-8(5-14-10)13-7-11-15-6-9(12)17-11/h3-6,13H,2,7H2,1H3. The number of aromatic nitrogens is 2. The number of hydrogen-bond donors (Lipinski definition) is 1. The Morgan fingerprint density at radius 1 is 1.35 bits per heavy atom. The minimum Gasteiger partial charge on any atom is -0.478 e. The lowest BCUT2D eigenvalue weighted by Gasteiger charge is -2.05. The number of halogens is 1. The van der Waals surface area contributed by atoms with E-state index in [1.807, 2.05) is 25.3 Å². The van der Waals surface area contributed by atoms with E-state index in [9.17, 15) is 0 Å². The second kappa shape index (κ2) is 6.15. The molecule has 1 N–H and O–H groups in total. The molecule has 0 aliphatic carbocycles. The van der Waals surface area contributed by atoms with Crippen molar-refractivity contribution in [3.63, 3.8) is 0 Å². The van der Waals surface area contributed by atoms with Gasteiger partial charge in [0.15, 0.2) is 0 Å². The van der Waals surface area contributed by atoms with Crippen LogP contribution in [0.15, 0.2) is 24.5 Å². The maximum Gasteiger partial charge on any atom is 0.213 e. The van der Waals surface area contributed by atoms with E-state index in [1.54, 1.807) is 17.5 Å². The molecular weight excluding hydrogens is 349 g/mol. The van der Waals surface area contributed by atoms with E-state index in [0.29, 0.717) is 12.5 Å². The summed E-state index contributed by atoms with van der Waals surface area (Å²) in [5.74, 6) is 0.654. The Balaban J connectivity index is 1.90. The summed E-state index contributed by atoms with van der Waals surface area (Å²) in [6.45, 7) is 3.30. The fourth-order valence-electron chi connectivity index (χ4n) is 1.27. The van der Waals surface area contributed by atoms with Gasteiger partial charge in [-0.3, -0.25) is 0 Å². The van der Waals surface area contributed by atoms with Gasteiger partial charge < -0.3 is 10.1 Å². The van der Waals surface area contributed by atoms with Crippen molar-refractivity contribution in [2.45, 2.75) is 13.5 Å². The number of nitrogens with zero attached hydrogens (tertiary/aromatic N) is 2. The third-order valence-corrected chi connectivity index (χ3v) is 3.72. The molecule has 0 atom stereocenters. The molecule has 4 nitrogen and oxygen atoms in total. The predicted molar refractivity (Wildman–Crippen MR) is 77.6 cm³/mol. The maximum absolute atomic E-state index is 5.28. The second-order valence-corrected chi connectivity index (χ2v) is 6.24. The topological polar surface area (TPSA) is 47.0 Å². The van der Waals surface area contributed by atoms with E-state index in [1.165, 1.54) is 2.88 Å². The largest absolute Gasteiger partial charge is 0.478 e. The van der Waals surface area contributed by atoms with Gasteiger partial charge in [0.25, 0.3) is 0 Å². The maximum atomic E-state index is 5.28. The van der Waals surface area contributed by atoms with Gasteiger partial charge in [-0.05, 0) is 35.6 Å². The van der Waals surface area contributed by atoms with Gasteiger partial charge in [-0.1, -0.05) is 0 Å². The molecule has 2 rings (SSSR count). The molecule has 0 aliphatic heterocycles. The van der Waals surface area contributed by atoms with Crippen LogP contribution in [0.4, 0.5) is 5.69 Å². The number of anilines is 1. The van der Waals surface area contributed by atoms with Crippen molar-refractivity contribution in [1.29, 1.82) is 0 Å². The first kappa shape index (κ1) is 12.6. The summed E-state index contributed by atoms with van der Waals surface area (Å²) in [4.78, 5) is 8.46. The molecule has 0 unspecified atom stereocenters. The lowest BCUT2D eigenvalue weighted by molar-refractivity contribution is 0.327. The fraction of sp³-hybridized carbons (Fsp3) is 0.273. The van der Waals surface area contributed by atoms with Crippen LogP contribution < -0.4 is 10.1 Å². The van der Waals surface area contributed by atoms with Crippen molar-refractivity contribution in [3.8, 4) is 5.88 Å². The normalized spacial score (nSPS) is 10.2. The van der Waals surface area contributed by atoms with Gasteiger partial charge in [0.1, 0.15) is 5.01 Å². The molecule has 0 aliphatic rings. The first-order valence-corrected chi connectivity index (χ1v) is 7.10. The Bertz CT molecular complexity index is 472. The van der Waals surface area contributed by atoms with Gasteiger partial charge >= 0.3 is 0 Å². The molecule has 0 bridgehead atoms. The SMILES string of the molecule is CCOc1ccc(NCc2ncc(I)s2)cn1. The third-order valence-electron chi connectivity index (χ3n) is 2.00. The molecule has 2 aromatic heterocycles. The van der Waals surface area contributed by atoms with Gasteiger partial charge in [-0.2, -0.15) is 0 Å². The zero-order chi connectivity index (χ0) is 12.1. The van der Waals surface area contributed by atoms with E-state index < -0.39 is 0 Å². The van der Waals surface area contributed by atoms with E-state index in [4.69, 9.17) is 4.74 Å². The predicted octanol–water partition coefficient (Wildman–Crippen LogP) is 3.15. The molecule has 6 heteroatoms. The molecule has 0 fully saturated rings. The van der Waals surface area contributed by atoms with E-state index in [2.05, 4.69) is 37.9 Å². The van der Waals surface area contributed by atoms with Crippen LogP contribution in [0.2, 0.25) is 0 Å². The molecule has 0 radical (unpaired) electrons. The summed E-state index contributed by atoms with van der Waals surface area (Å²) in [7, 11) is 0. The van der Waals surface area contributed by atoms with Crippen LogP contribution in [0.1, 0.15) is 11.9 Å². The summed E-state index contributed by atoms with van der Waals surface area (Å²) < 4.78 is 6.48. The summed E-state index contributed by atoms with van der Waals surface area (Å²) >= 11 is 3.95. The quantitative estimate of drug-likeness (QED) is 0.832. The van der Waals surface area contributed by atoms with Crippen LogP contribution in [0, 0.1) is 2.88 Å². The first-order valence-electron chi connectivity index (χ1n) is 5.21. The molecule has 0 amide bonds. The van der Waals surface area contributed by atoms with Crippen LogP contribution in [-0.2, 0) is 6.54 Å². The molecular formula is C11H12IN3OS. The van der Waals surface area contributed by atoms with E-state index in [-0.39, 0.29) is 0 Å². The van der Waals surface area contributed by atoms with Crippen molar-refractivity contribution in [2.24, 2.45) is 0 Å². The third kappa shape index (κ3) is 3.81. The van der Waals surface area contributed by atoms with Crippen LogP contribution in [0.5, 0.6) is 5.88 Å². The minimum atomic E-state index is 0.636. The molecule has 0 saturated carbocycles. The molecule has 90 valence electrons. The van der Waals surface area contributed by atoms with Crippen LogP contribution in [0.25, 0.3) is 0 Å². The number of nitrogens with one attached hydrogen (secondary N) is 1. The monoisotopic (exact) mass is 361 g/mol. The highest BCUT2D eigenvalue weighted by atomic mass is 127. The number of hydrogen-bond acceptors (Lipinski definition) is 5. The van der Waals surface area contributed by atoms with Gasteiger partial charge in [0.05, 0.1) is 34.1 Å². The average Bonchev–Trinajstić information content (AvgIpc) is 2.75.